The molecule has 0 bridgehead atoms. The lowest BCUT2D eigenvalue weighted by molar-refractivity contribution is -0.126. The predicted molar refractivity (Wildman–Crippen MR) is 134 cm³/mol. The van der Waals surface area contributed by atoms with Crippen molar-refractivity contribution in [2.75, 3.05) is 6.54 Å². The SMILES string of the molecule is CC(C)(C)C1=C/C(=N\N=C(c2ccccc2)c2ccccc2)C2CN=NC2(C(C)(C)C)C1=O. The Labute approximate surface area is 196 Å². The van der Waals surface area contributed by atoms with E-state index < -0.39 is 11.0 Å². The molecule has 2 unspecified atom stereocenters. The van der Waals surface area contributed by atoms with Crippen molar-refractivity contribution in [3.05, 3.63) is 83.4 Å². The molecule has 2 aliphatic rings. The summed E-state index contributed by atoms with van der Waals surface area (Å²) in [6.45, 7) is 12.8. The van der Waals surface area contributed by atoms with Crippen LogP contribution in [0.3, 0.4) is 0 Å². The van der Waals surface area contributed by atoms with Crippen LogP contribution in [0, 0.1) is 16.7 Å². The average Bonchev–Trinajstić information content (AvgIpc) is 3.23. The fourth-order valence-electron chi connectivity index (χ4n) is 4.72. The van der Waals surface area contributed by atoms with Crippen LogP contribution in [0.4, 0.5) is 0 Å². The van der Waals surface area contributed by atoms with Crippen LogP contribution in [0.2, 0.25) is 0 Å². The van der Waals surface area contributed by atoms with Gasteiger partial charge < -0.3 is 0 Å². The van der Waals surface area contributed by atoms with E-state index in [9.17, 15) is 4.79 Å². The van der Waals surface area contributed by atoms with Crippen molar-refractivity contribution in [1.29, 1.82) is 0 Å². The van der Waals surface area contributed by atoms with Crippen molar-refractivity contribution in [3.8, 4) is 0 Å². The minimum Gasteiger partial charge on any atom is -0.292 e. The van der Waals surface area contributed by atoms with Gasteiger partial charge in [0.2, 0.25) is 0 Å². The fourth-order valence-corrected chi connectivity index (χ4v) is 4.72. The minimum atomic E-state index is -0.960. The highest BCUT2D eigenvalue weighted by atomic mass is 16.1. The number of azo groups is 1. The van der Waals surface area contributed by atoms with Crippen LogP contribution in [-0.2, 0) is 4.79 Å². The molecular weight excluding hydrogens is 408 g/mol. The molecule has 1 aliphatic heterocycles. The van der Waals surface area contributed by atoms with E-state index in [1.165, 1.54) is 0 Å². The monoisotopic (exact) mass is 440 g/mol. The van der Waals surface area contributed by atoms with Gasteiger partial charge in [-0.1, -0.05) is 102 Å². The Morgan fingerprint density at radius 1 is 0.909 bits per heavy atom. The van der Waals surface area contributed by atoms with Crippen LogP contribution >= 0.6 is 0 Å². The van der Waals surface area contributed by atoms with E-state index in [2.05, 4.69) is 51.8 Å². The standard InChI is InChI=1S/C28H32N4O/c1-26(2,3)21-17-23(22-18-29-32-28(22,25(21)33)27(4,5)6)30-31-24(19-13-9-7-10-14-19)20-15-11-8-12-16-20/h7-17,22H,18H2,1-6H3/b30-23+. The topological polar surface area (TPSA) is 66.5 Å². The molecule has 1 aliphatic carbocycles. The molecule has 0 spiro atoms. The molecule has 0 saturated carbocycles. The van der Waals surface area contributed by atoms with Gasteiger partial charge in [0.05, 0.1) is 18.2 Å². The van der Waals surface area contributed by atoms with Gasteiger partial charge in [0.1, 0.15) is 5.71 Å². The molecule has 2 aromatic carbocycles. The summed E-state index contributed by atoms with van der Waals surface area (Å²) in [6.07, 6.45) is 1.93. The summed E-state index contributed by atoms with van der Waals surface area (Å²) in [5, 5.41) is 18.5. The largest absolute Gasteiger partial charge is 0.292 e. The molecule has 0 amide bonds. The highest BCUT2D eigenvalue weighted by Crippen LogP contribution is 2.51. The molecule has 170 valence electrons. The van der Waals surface area contributed by atoms with Crippen LogP contribution in [0.1, 0.15) is 52.7 Å². The van der Waals surface area contributed by atoms with Crippen LogP contribution in [0.15, 0.2) is 92.7 Å². The number of carbonyl (C=O) groups is 1. The highest BCUT2D eigenvalue weighted by Gasteiger charge is 2.61. The van der Waals surface area contributed by atoms with Crippen molar-refractivity contribution in [3.63, 3.8) is 0 Å². The second-order valence-electron chi connectivity index (χ2n) is 10.8. The number of hydrogen-bond donors (Lipinski definition) is 0. The van der Waals surface area contributed by atoms with E-state index in [-0.39, 0.29) is 17.1 Å². The van der Waals surface area contributed by atoms with Crippen molar-refractivity contribution in [2.45, 2.75) is 47.1 Å². The van der Waals surface area contributed by atoms with Crippen molar-refractivity contribution < 1.29 is 4.79 Å². The Balaban J connectivity index is 1.92. The second kappa shape index (κ2) is 8.29. The number of rotatable bonds is 3. The first-order chi connectivity index (χ1) is 15.6. The number of ketones is 1. The van der Waals surface area contributed by atoms with E-state index in [1.807, 2.05) is 66.7 Å². The summed E-state index contributed by atoms with van der Waals surface area (Å²) < 4.78 is 0. The quantitative estimate of drug-likeness (QED) is 0.408. The number of nitrogens with zero attached hydrogens (tertiary/aromatic N) is 4. The van der Waals surface area contributed by atoms with E-state index >= 15 is 0 Å². The Bertz CT molecular complexity index is 1120. The molecule has 0 aromatic heterocycles. The molecule has 0 radical (unpaired) electrons. The molecule has 2 atom stereocenters. The van der Waals surface area contributed by atoms with Gasteiger partial charge in [-0.25, -0.2) is 0 Å². The lowest BCUT2D eigenvalue weighted by Crippen LogP contribution is -2.58. The zero-order valence-electron chi connectivity index (χ0n) is 20.3. The zero-order chi connectivity index (χ0) is 23.9. The molecule has 5 heteroatoms. The molecule has 0 fully saturated rings. The van der Waals surface area contributed by atoms with E-state index in [0.29, 0.717) is 6.54 Å². The maximum absolute atomic E-state index is 13.8. The van der Waals surface area contributed by atoms with Crippen molar-refractivity contribution in [2.24, 2.45) is 37.2 Å². The molecule has 4 rings (SSSR count). The van der Waals surface area contributed by atoms with Crippen LogP contribution < -0.4 is 0 Å². The van der Waals surface area contributed by atoms with Gasteiger partial charge in [-0.15, -0.1) is 5.10 Å². The third-order valence-corrected chi connectivity index (χ3v) is 6.55. The summed E-state index contributed by atoms with van der Waals surface area (Å²) in [4.78, 5) is 13.8. The van der Waals surface area contributed by atoms with Gasteiger partial charge in [0, 0.05) is 16.7 Å². The first-order valence-corrected chi connectivity index (χ1v) is 11.5. The summed E-state index contributed by atoms with van der Waals surface area (Å²) >= 11 is 0. The zero-order valence-corrected chi connectivity index (χ0v) is 20.3. The van der Waals surface area contributed by atoms with E-state index in [0.717, 1.165) is 28.1 Å². The summed E-state index contributed by atoms with van der Waals surface area (Å²) in [6, 6.07) is 20.1. The van der Waals surface area contributed by atoms with Gasteiger partial charge in [-0.05, 0) is 16.9 Å². The van der Waals surface area contributed by atoms with Crippen molar-refractivity contribution >= 4 is 17.2 Å². The predicted octanol–water partition coefficient (Wildman–Crippen LogP) is 6.30. The van der Waals surface area contributed by atoms with E-state index in [1.54, 1.807) is 0 Å². The van der Waals surface area contributed by atoms with Gasteiger partial charge in [0.25, 0.3) is 0 Å². The van der Waals surface area contributed by atoms with Gasteiger partial charge in [-0.2, -0.15) is 15.3 Å². The second-order valence-corrected chi connectivity index (χ2v) is 10.8. The molecule has 33 heavy (non-hydrogen) atoms. The molecule has 5 nitrogen and oxygen atoms in total. The number of Topliss-reactive ketones (excluding diaryl/α,β-unsaturated/α-hetero) is 1. The van der Waals surface area contributed by atoms with Crippen LogP contribution in [0.25, 0.3) is 0 Å². The average molecular weight is 441 g/mol. The number of hydrogen-bond acceptors (Lipinski definition) is 5. The maximum Gasteiger partial charge on any atom is 0.190 e. The number of benzene rings is 2. The third-order valence-electron chi connectivity index (χ3n) is 6.55. The van der Waals surface area contributed by atoms with E-state index in [4.69, 9.17) is 10.2 Å². The fraction of sp³-hybridized carbons (Fsp3) is 0.393. The Kier molecular flexibility index (Phi) is 5.77. The van der Waals surface area contributed by atoms with Gasteiger partial charge in [0.15, 0.2) is 11.3 Å². The van der Waals surface area contributed by atoms with Gasteiger partial charge >= 0.3 is 0 Å². The first-order valence-electron chi connectivity index (χ1n) is 11.5. The summed E-state index contributed by atoms with van der Waals surface area (Å²) in [7, 11) is 0. The summed E-state index contributed by atoms with van der Waals surface area (Å²) in [5.41, 5.74) is 2.55. The first kappa shape index (κ1) is 23.0. The minimum absolute atomic E-state index is 0.0584. The number of carbonyl (C=O) groups excluding carboxylic acids is 1. The van der Waals surface area contributed by atoms with Crippen molar-refractivity contribution in [1.82, 2.24) is 0 Å². The number of allylic oxidation sites excluding steroid dienone is 1. The molecular formula is C28H32N4O. The third kappa shape index (κ3) is 4.01. The highest BCUT2D eigenvalue weighted by molar-refractivity contribution is 6.18. The van der Waals surface area contributed by atoms with Crippen LogP contribution in [0.5, 0.6) is 0 Å². The normalized spacial score (nSPS) is 23.9. The molecule has 0 saturated heterocycles. The Hall–Kier alpha value is -3.21. The lowest BCUT2D eigenvalue weighted by Gasteiger charge is -2.45. The molecule has 0 N–H and O–H groups in total. The maximum atomic E-state index is 13.8. The van der Waals surface area contributed by atoms with Crippen LogP contribution in [-0.4, -0.2) is 29.3 Å². The molecule has 1 heterocycles. The number of fused-ring (bicyclic) bond motifs is 1. The smallest absolute Gasteiger partial charge is 0.190 e. The Morgan fingerprint density at radius 2 is 1.45 bits per heavy atom. The lowest BCUT2D eigenvalue weighted by atomic mass is 9.57. The summed E-state index contributed by atoms with van der Waals surface area (Å²) in [5.74, 6) is -0.171. The molecule has 2 aromatic rings. The Morgan fingerprint density at radius 3 is 1.94 bits per heavy atom. The van der Waals surface area contributed by atoms with Gasteiger partial charge in [-0.3, -0.25) is 4.79 Å².